The molecule has 2 aliphatic heterocycles. The van der Waals surface area contributed by atoms with E-state index in [9.17, 15) is 22.4 Å². The fraction of sp³-hybridized carbons (Fsp3) is 0.609. The Bertz CT molecular complexity index is 1100. The van der Waals surface area contributed by atoms with Gasteiger partial charge in [0.05, 0.1) is 37.4 Å². The fourth-order valence-electron chi connectivity index (χ4n) is 5.29. The molecule has 0 bridgehead atoms. The van der Waals surface area contributed by atoms with Gasteiger partial charge in [0.2, 0.25) is 0 Å². The number of alkyl halides is 3. The highest BCUT2D eigenvalue weighted by atomic mass is 19.4. The van der Waals surface area contributed by atoms with Gasteiger partial charge in [-0.25, -0.2) is 18.9 Å². The molecule has 2 saturated carbocycles. The quantitative estimate of drug-likeness (QED) is 0.609. The zero-order valence-electron chi connectivity index (χ0n) is 18.5. The molecule has 3 heterocycles. The maximum Gasteiger partial charge on any atom is 0.416 e. The molecule has 34 heavy (non-hydrogen) atoms. The van der Waals surface area contributed by atoms with Crippen molar-refractivity contribution in [2.45, 2.75) is 56.5 Å². The first kappa shape index (κ1) is 21.8. The first-order chi connectivity index (χ1) is 16.2. The molecule has 0 unspecified atom stereocenters. The van der Waals surface area contributed by atoms with E-state index in [2.05, 4.69) is 10.1 Å². The van der Waals surface area contributed by atoms with Gasteiger partial charge in [0.25, 0.3) is 0 Å². The van der Waals surface area contributed by atoms with Gasteiger partial charge in [0.15, 0.2) is 5.82 Å². The first-order valence-corrected chi connectivity index (χ1v) is 11.6. The van der Waals surface area contributed by atoms with E-state index in [4.69, 9.17) is 4.74 Å². The highest BCUT2D eigenvalue weighted by Gasteiger charge is 2.55. The molecule has 0 radical (unpaired) electrons. The molecular formula is C23H25F4N5O2. The van der Waals surface area contributed by atoms with E-state index in [1.54, 1.807) is 4.90 Å². The maximum atomic E-state index is 13.5. The molecule has 182 valence electrons. The third-order valence-electron chi connectivity index (χ3n) is 7.39. The van der Waals surface area contributed by atoms with Gasteiger partial charge in [-0.15, -0.1) is 0 Å². The molecule has 4 fully saturated rings. The predicted molar refractivity (Wildman–Crippen MR) is 111 cm³/mol. The fourth-order valence-corrected chi connectivity index (χ4v) is 5.29. The second kappa shape index (κ2) is 7.66. The summed E-state index contributed by atoms with van der Waals surface area (Å²) in [6, 6.07) is 2.72. The summed E-state index contributed by atoms with van der Waals surface area (Å²) < 4.78 is 59.6. The van der Waals surface area contributed by atoms with Crippen molar-refractivity contribution in [2.75, 3.05) is 26.2 Å². The molecule has 2 saturated heterocycles. The average Bonchev–Trinajstić information content (AvgIpc) is 3.41. The lowest BCUT2D eigenvalue weighted by Gasteiger charge is -2.59. The smallest absolute Gasteiger partial charge is 0.370 e. The third kappa shape index (κ3) is 4.03. The number of ether oxygens (including phenoxy) is 1. The molecule has 11 heteroatoms. The number of nitrogens with zero attached hydrogens (tertiary/aromatic N) is 5. The van der Waals surface area contributed by atoms with Crippen LogP contribution >= 0.6 is 0 Å². The van der Waals surface area contributed by atoms with Gasteiger partial charge in [-0.05, 0) is 49.4 Å². The largest absolute Gasteiger partial charge is 0.416 e. The summed E-state index contributed by atoms with van der Waals surface area (Å²) in [5, 5.41) is 4.62. The SMILES string of the molecule is O=C(N1CC(OCc2cc(F)cc(C(F)(F)F)c2)C1)N1CC2(CC(n3cnc(C4CC4)n3)C2)C1. The van der Waals surface area contributed by atoms with Crippen LogP contribution in [-0.4, -0.2) is 62.9 Å². The van der Waals surface area contributed by atoms with Crippen molar-refractivity contribution in [2.24, 2.45) is 5.41 Å². The summed E-state index contributed by atoms with van der Waals surface area (Å²) in [7, 11) is 0. The molecule has 2 amide bonds. The van der Waals surface area contributed by atoms with Gasteiger partial charge in [0, 0.05) is 24.4 Å². The molecule has 1 aromatic carbocycles. The van der Waals surface area contributed by atoms with Gasteiger partial charge < -0.3 is 14.5 Å². The minimum Gasteiger partial charge on any atom is -0.370 e. The molecule has 1 spiro atoms. The van der Waals surface area contributed by atoms with E-state index in [1.807, 2.05) is 15.9 Å². The van der Waals surface area contributed by atoms with Crippen LogP contribution in [-0.2, 0) is 17.5 Å². The van der Waals surface area contributed by atoms with Crippen LogP contribution in [0.5, 0.6) is 0 Å². The number of amides is 2. The number of carbonyl (C=O) groups is 1. The predicted octanol–water partition coefficient (Wildman–Crippen LogP) is 3.97. The van der Waals surface area contributed by atoms with Crippen molar-refractivity contribution in [1.82, 2.24) is 24.6 Å². The topological polar surface area (TPSA) is 63.5 Å². The lowest BCUT2D eigenvalue weighted by Crippen LogP contribution is -2.68. The van der Waals surface area contributed by atoms with Crippen LogP contribution < -0.4 is 0 Å². The molecule has 4 aliphatic rings. The molecule has 6 rings (SSSR count). The molecule has 7 nitrogen and oxygen atoms in total. The Labute approximate surface area is 193 Å². The van der Waals surface area contributed by atoms with E-state index in [1.165, 1.54) is 12.8 Å². The summed E-state index contributed by atoms with van der Waals surface area (Å²) in [5.41, 5.74) is -0.730. The summed E-state index contributed by atoms with van der Waals surface area (Å²) in [6.45, 7) is 2.10. The summed E-state index contributed by atoms with van der Waals surface area (Å²) in [5.74, 6) is 0.553. The normalized spacial score (nSPS) is 22.5. The van der Waals surface area contributed by atoms with Crippen LogP contribution in [0.4, 0.5) is 22.4 Å². The monoisotopic (exact) mass is 479 g/mol. The van der Waals surface area contributed by atoms with Crippen LogP contribution in [0, 0.1) is 11.2 Å². The molecule has 1 aromatic heterocycles. The second-order valence-corrected chi connectivity index (χ2v) is 10.2. The van der Waals surface area contributed by atoms with Crippen molar-refractivity contribution in [1.29, 1.82) is 0 Å². The van der Waals surface area contributed by atoms with Crippen LogP contribution in [0.15, 0.2) is 24.5 Å². The van der Waals surface area contributed by atoms with Gasteiger partial charge in [-0.1, -0.05) is 0 Å². The van der Waals surface area contributed by atoms with Crippen molar-refractivity contribution in [3.05, 3.63) is 47.3 Å². The van der Waals surface area contributed by atoms with E-state index in [-0.39, 0.29) is 29.7 Å². The summed E-state index contributed by atoms with van der Waals surface area (Å²) >= 11 is 0. The minimum atomic E-state index is -4.61. The van der Waals surface area contributed by atoms with Gasteiger partial charge in [-0.3, -0.25) is 0 Å². The third-order valence-corrected chi connectivity index (χ3v) is 7.39. The lowest BCUT2D eigenvalue weighted by atomic mass is 9.61. The van der Waals surface area contributed by atoms with Crippen molar-refractivity contribution in [3.63, 3.8) is 0 Å². The average molecular weight is 479 g/mol. The number of likely N-dealkylation sites (tertiary alicyclic amines) is 2. The van der Waals surface area contributed by atoms with Crippen molar-refractivity contribution < 1.29 is 27.1 Å². The summed E-state index contributed by atoms with van der Waals surface area (Å²) in [4.78, 5) is 20.6. The standard InChI is InChI=1S/C23H25F4N5O2/c24-17-4-14(3-16(5-17)23(25,26)27)10-34-19-8-30(9-19)21(33)31-11-22(12-31)6-18(7-22)32-13-28-20(29-32)15-1-2-15/h3-5,13,15,18-19H,1-2,6-12H2. The number of hydrogen-bond acceptors (Lipinski definition) is 4. The Morgan fingerprint density at radius 3 is 2.53 bits per heavy atom. The number of urea groups is 1. The number of rotatable bonds is 5. The van der Waals surface area contributed by atoms with E-state index >= 15 is 0 Å². The van der Waals surface area contributed by atoms with Gasteiger partial charge >= 0.3 is 12.2 Å². The minimum absolute atomic E-state index is 0.0317. The Morgan fingerprint density at radius 2 is 1.85 bits per heavy atom. The number of halogens is 4. The Balaban J connectivity index is 0.931. The Kier molecular flexibility index (Phi) is 4.91. The zero-order chi connectivity index (χ0) is 23.7. The molecule has 0 atom stereocenters. The lowest BCUT2D eigenvalue weighted by molar-refractivity contribution is -0.137. The van der Waals surface area contributed by atoms with Gasteiger partial charge in [0.1, 0.15) is 12.1 Å². The highest BCUT2D eigenvalue weighted by Crippen LogP contribution is 2.54. The first-order valence-electron chi connectivity index (χ1n) is 11.6. The highest BCUT2D eigenvalue weighted by molar-refractivity contribution is 5.76. The van der Waals surface area contributed by atoms with E-state index < -0.39 is 17.6 Å². The van der Waals surface area contributed by atoms with Crippen molar-refractivity contribution >= 4 is 6.03 Å². The molecular weight excluding hydrogens is 454 g/mol. The number of aromatic nitrogens is 3. The molecule has 0 N–H and O–H groups in total. The molecule has 2 aliphatic carbocycles. The van der Waals surface area contributed by atoms with Crippen LogP contribution in [0.2, 0.25) is 0 Å². The van der Waals surface area contributed by atoms with E-state index in [0.29, 0.717) is 31.1 Å². The van der Waals surface area contributed by atoms with E-state index in [0.717, 1.165) is 43.9 Å². The van der Waals surface area contributed by atoms with Crippen LogP contribution in [0.3, 0.4) is 0 Å². The zero-order valence-corrected chi connectivity index (χ0v) is 18.5. The van der Waals surface area contributed by atoms with Crippen LogP contribution in [0.25, 0.3) is 0 Å². The maximum absolute atomic E-state index is 13.5. The summed E-state index contributed by atoms with van der Waals surface area (Å²) in [6.07, 6.45) is 1.33. The number of hydrogen-bond donors (Lipinski definition) is 0. The second-order valence-electron chi connectivity index (χ2n) is 10.2. The van der Waals surface area contributed by atoms with Gasteiger partial charge in [-0.2, -0.15) is 18.3 Å². The van der Waals surface area contributed by atoms with Crippen LogP contribution in [0.1, 0.15) is 54.6 Å². The van der Waals surface area contributed by atoms with Crippen molar-refractivity contribution in [3.8, 4) is 0 Å². The molecule has 2 aromatic rings. The number of carbonyl (C=O) groups excluding carboxylic acids is 1. The Morgan fingerprint density at radius 1 is 1.12 bits per heavy atom. The number of benzene rings is 1. The Hall–Kier alpha value is -2.69.